The molecular weight excluding hydrogens is 340 g/mol. The second kappa shape index (κ2) is 22.9. The third-order valence-corrected chi connectivity index (χ3v) is 1.28. The Bertz CT molecular complexity index is 44.9. The first-order valence-corrected chi connectivity index (χ1v) is 4.50. The molecule has 3 heteroatoms. The zero-order valence-corrected chi connectivity index (χ0v) is 11.6. The molecule has 1 radical (unpaired) electrons. The van der Waals surface area contributed by atoms with Crippen molar-refractivity contribution < 1.29 is 20.1 Å². The van der Waals surface area contributed by atoms with Gasteiger partial charge in [-0.05, 0) is 0 Å². The van der Waals surface area contributed by atoms with Crippen molar-refractivity contribution in [3.05, 3.63) is 23.5 Å². The Labute approximate surface area is 97.6 Å². The fourth-order valence-electron chi connectivity index (χ4n) is 0.516. The molecule has 0 N–H and O–H groups in total. The molecule has 0 heterocycles. The molecule has 0 aliphatic carbocycles. The molecule has 0 aromatic heterocycles. The van der Waals surface area contributed by atoms with E-state index >= 15 is 0 Å². The molecule has 0 saturated carbocycles. The summed E-state index contributed by atoms with van der Waals surface area (Å²) in [4.78, 5) is 0. The summed E-state index contributed by atoms with van der Waals surface area (Å²) in [5.74, 6) is 0. The van der Waals surface area contributed by atoms with Gasteiger partial charge in [0.2, 0.25) is 0 Å². The van der Waals surface area contributed by atoms with Gasteiger partial charge in [-0.1, -0.05) is 0 Å². The number of hydrogen-bond acceptors (Lipinski definition) is 0. The van der Waals surface area contributed by atoms with Crippen LogP contribution in [0.1, 0.15) is 26.7 Å². The molecule has 0 aliphatic rings. The van der Waals surface area contributed by atoms with E-state index in [0.717, 1.165) is 25.9 Å². The van der Waals surface area contributed by atoms with Crippen molar-refractivity contribution in [2.45, 2.75) is 26.7 Å². The first kappa shape index (κ1) is 19.2. The van der Waals surface area contributed by atoms with Gasteiger partial charge in [-0.15, -0.1) is 0 Å². The summed E-state index contributed by atoms with van der Waals surface area (Å²) in [6.45, 7) is 6.06. The van der Waals surface area contributed by atoms with Crippen LogP contribution < -0.4 is 0 Å². The van der Waals surface area contributed by atoms with Crippen molar-refractivity contribution >= 4 is 0 Å². The van der Waals surface area contributed by atoms with Crippen LogP contribution in [-0.4, -0.2) is 27.2 Å². The van der Waals surface area contributed by atoms with Crippen LogP contribution >= 0.6 is 0 Å². The summed E-state index contributed by atoms with van der Waals surface area (Å²) in [7, 11) is 3.67. The average Bonchev–Trinajstić information content (AvgIpc) is 2.12. The van der Waals surface area contributed by atoms with Crippen molar-refractivity contribution in [1.82, 2.24) is 0 Å². The van der Waals surface area contributed by atoms with Crippen LogP contribution in [-0.2, 0) is 20.1 Å². The molecule has 2 nitrogen and oxygen atoms in total. The normalized spacial score (nSPS) is 8.31. The van der Waals surface area contributed by atoms with Crippen molar-refractivity contribution in [1.29, 1.82) is 0 Å². The summed E-state index contributed by atoms with van der Waals surface area (Å²) in [5, 5.41) is 7.79. The summed E-state index contributed by atoms with van der Waals surface area (Å²) < 4.78 is 0. The summed E-state index contributed by atoms with van der Waals surface area (Å²) in [6, 6.07) is 0. The fraction of sp³-hybridized carbons (Fsp3) is 0.800. The molecule has 0 bridgehead atoms. The summed E-state index contributed by atoms with van der Waals surface area (Å²) in [5.41, 5.74) is 0. The molecule has 0 fully saturated rings. The largest absolute Gasteiger partial charge is 0.667 e. The predicted molar refractivity (Wildman–Crippen MR) is 57.5 cm³/mol. The quantitative estimate of drug-likeness (QED) is 0.513. The average molecular weight is 363 g/mol. The molecule has 0 spiro atoms. The minimum absolute atomic E-state index is 0. The van der Waals surface area contributed by atoms with E-state index in [1.165, 1.54) is 0 Å². The minimum atomic E-state index is 0. The Kier molecular flexibility index (Phi) is 33.8. The maximum absolute atomic E-state index is 3.89. The van der Waals surface area contributed by atoms with Gasteiger partial charge in [-0.25, -0.2) is 0 Å². The summed E-state index contributed by atoms with van der Waals surface area (Å²) >= 11 is 0. The predicted octanol–water partition coefficient (Wildman–Crippen LogP) is 3.21. The second-order valence-corrected chi connectivity index (χ2v) is 2.47. The maximum Gasteiger partial charge on any atom is 0 e. The smallest absolute Gasteiger partial charge is 0 e. The minimum Gasteiger partial charge on any atom is -0.667 e. The fourth-order valence-corrected chi connectivity index (χ4v) is 0.516. The van der Waals surface area contributed by atoms with E-state index in [0.29, 0.717) is 0 Å². The Hall–Kier alpha value is 0.569. The molecule has 0 aromatic rings. The van der Waals surface area contributed by atoms with E-state index in [9.17, 15) is 0 Å². The van der Waals surface area contributed by atoms with Gasteiger partial charge in [0.05, 0.1) is 0 Å². The van der Waals surface area contributed by atoms with E-state index in [1.807, 2.05) is 27.9 Å². The zero-order chi connectivity index (χ0) is 9.66. The van der Waals surface area contributed by atoms with Crippen LogP contribution in [0.3, 0.4) is 0 Å². The Balaban J connectivity index is -0.000000143. The van der Waals surface area contributed by atoms with Crippen LogP contribution in [0.25, 0.3) is 10.6 Å². The van der Waals surface area contributed by atoms with Crippen LogP contribution in [0.5, 0.6) is 0 Å². The van der Waals surface area contributed by atoms with Crippen molar-refractivity contribution in [2.75, 3.05) is 27.2 Å². The summed E-state index contributed by atoms with van der Waals surface area (Å²) in [6.07, 6.45) is 6.48. The van der Waals surface area contributed by atoms with Gasteiger partial charge in [-0.3, -0.25) is 0 Å². The van der Waals surface area contributed by atoms with Gasteiger partial charge in [-0.2, -0.15) is 53.9 Å². The van der Waals surface area contributed by atoms with E-state index in [2.05, 4.69) is 23.5 Å². The van der Waals surface area contributed by atoms with Crippen molar-refractivity contribution in [3.8, 4) is 0 Å². The first-order valence-electron chi connectivity index (χ1n) is 4.50. The zero-order valence-electron chi connectivity index (χ0n) is 9.21. The van der Waals surface area contributed by atoms with E-state index < -0.39 is 0 Å². The molecule has 0 rings (SSSR count). The number of rotatable bonds is 6. The van der Waals surface area contributed by atoms with Crippen LogP contribution in [0, 0.1) is 12.8 Å². The van der Waals surface area contributed by atoms with Crippen LogP contribution in [0.4, 0.5) is 0 Å². The van der Waals surface area contributed by atoms with Gasteiger partial charge in [0, 0.05) is 20.1 Å². The molecule has 0 aromatic carbocycles. The molecule has 85 valence electrons. The number of unbranched alkanes of at least 4 members (excludes halogenated alkanes) is 2. The van der Waals surface area contributed by atoms with Crippen LogP contribution in [0.2, 0.25) is 0 Å². The molecule has 0 unspecified atom stereocenters. The molecular formula is C10H22IrN2-4. The molecule has 0 atom stereocenters. The Morgan fingerprint density at radius 3 is 1.23 bits per heavy atom. The molecule has 13 heavy (non-hydrogen) atoms. The van der Waals surface area contributed by atoms with Gasteiger partial charge >= 0.3 is 0 Å². The van der Waals surface area contributed by atoms with Crippen molar-refractivity contribution in [3.63, 3.8) is 0 Å². The van der Waals surface area contributed by atoms with Gasteiger partial charge < -0.3 is 23.5 Å². The van der Waals surface area contributed by atoms with E-state index in [4.69, 9.17) is 0 Å². The van der Waals surface area contributed by atoms with Crippen LogP contribution in [0.15, 0.2) is 0 Å². The van der Waals surface area contributed by atoms with Gasteiger partial charge in [0.1, 0.15) is 0 Å². The first-order chi connectivity index (χ1) is 5.83. The third kappa shape index (κ3) is 32.5. The van der Waals surface area contributed by atoms with E-state index in [1.54, 1.807) is 0 Å². The maximum atomic E-state index is 3.89. The van der Waals surface area contributed by atoms with Gasteiger partial charge in [0.15, 0.2) is 0 Å². The Morgan fingerprint density at radius 2 is 1.15 bits per heavy atom. The number of nitrogens with zero attached hydrogens (tertiary/aromatic N) is 2. The third-order valence-electron chi connectivity index (χ3n) is 1.28. The molecule has 0 saturated heterocycles. The topological polar surface area (TPSA) is 28.2 Å². The Morgan fingerprint density at radius 1 is 0.846 bits per heavy atom. The molecule has 0 amide bonds. The molecule has 0 aliphatic heterocycles. The van der Waals surface area contributed by atoms with Crippen molar-refractivity contribution in [2.24, 2.45) is 0 Å². The van der Waals surface area contributed by atoms with Gasteiger partial charge in [0.25, 0.3) is 0 Å². The monoisotopic (exact) mass is 363 g/mol. The van der Waals surface area contributed by atoms with E-state index in [-0.39, 0.29) is 20.1 Å². The standard InChI is InChI=1S/2C5H11N.Ir/c2*1-3-4-5-6-2;/h2*3H,4-5H2,1-2H3;/q2*-2;. The second-order valence-electron chi connectivity index (χ2n) is 2.47. The SMILES string of the molecule is C[CH-]CC[N-]C.C[CH-]CC[N-]C.[Ir]. The number of hydrogen-bond donors (Lipinski definition) is 0.